The fourth-order valence-electron chi connectivity index (χ4n) is 8.05. The number of anilines is 3. The molecule has 0 radical (unpaired) electrons. The number of hydrogen-bond acceptors (Lipinski definition) is 10. The molecule has 12 heteroatoms. The Balaban J connectivity index is 1.18. The van der Waals surface area contributed by atoms with Crippen molar-refractivity contribution < 1.29 is 23.8 Å². The number of alkyl carbamates (subject to hydrolysis) is 1. The number of aromatic nitrogens is 4. The number of rotatable bonds is 6. The molecular formula is C37H51N7O5. The van der Waals surface area contributed by atoms with Gasteiger partial charge in [-0.1, -0.05) is 13.8 Å². The lowest BCUT2D eigenvalue weighted by Crippen LogP contribution is -2.55. The molecule has 1 N–H and O–H groups in total. The summed E-state index contributed by atoms with van der Waals surface area (Å²) in [5.41, 5.74) is 3.73. The van der Waals surface area contributed by atoms with Gasteiger partial charge in [0.1, 0.15) is 11.4 Å². The van der Waals surface area contributed by atoms with E-state index in [1.54, 1.807) is 0 Å². The number of amides is 1. The Morgan fingerprint density at radius 1 is 1.08 bits per heavy atom. The SMILES string of the molecule is CCC(=O)c1ccc2c(c1)[C@@H](C)CCN2c1nn(C2CCCCO2)c2nc(N3CCC4(CC3)CO[C@@H](C)[C@H]4NC(=O)OC(C)(C)C)cnc12. The van der Waals surface area contributed by atoms with Gasteiger partial charge in [0, 0.05) is 49.3 Å². The molecule has 2 aromatic heterocycles. The van der Waals surface area contributed by atoms with Crippen LogP contribution in [0.1, 0.15) is 115 Å². The summed E-state index contributed by atoms with van der Waals surface area (Å²) in [4.78, 5) is 40.2. The van der Waals surface area contributed by atoms with E-state index in [-0.39, 0.29) is 29.6 Å². The summed E-state index contributed by atoms with van der Waals surface area (Å²) in [6.07, 6.45) is 7.27. The Bertz CT molecular complexity index is 1700. The third kappa shape index (κ3) is 6.49. The quantitative estimate of drug-likeness (QED) is 0.284. The van der Waals surface area contributed by atoms with Crippen molar-refractivity contribution in [3.05, 3.63) is 35.5 Å². The van der Waals surface area contributed by atoms with Gasteiger partial charge in [-0.25, -0.2) is 19.4 Å². The molecule has 1 spiro atoms. The Morgan fingerprint density at radius 2 is 1.88 bits per heavy atom. The van der Waals surface area contributed by atoms with Crippen molar-refractivity contribution >= 4 is 40.4 Å². The number of piperidine rings is 1. The van der Waals surface area contributed by atoms with Crippen LogP contribution in [0, 0.1) is 5.41 Å². The van der Waals surface area contributed by atoms with Gasteiger partial charge in [-0.15, -0.1) is 5.10 Å². The van der Waals surface area contributed by atoms with Crippen molar-refractivity contribution in [3.8, 4) is 0 Å². The van der Waals surface area contributed by atoms with Crippen molar-refractivity contribution in [3.63, 3.8) is 0 Å². The number of hydrogen-bond donors (Lipinski definition) is 1. The summed E-state index contributed by atoms with van der Waals surface area (Å²) in [7, 11) is 0. The lowest BCUT2D eigenvalue weighted by atomic mass is 9.73. The lowest BCUT2D eigenvalue weighted by molar-refractivity contribution is -0.0368. The molecule has 0 aliphatic carbocycles. The second-order valence-corrected chi connectivity index (χ2v) is 15.4. The number of carbonyl (C=O) groups is 2. The number of ether oxygens (including phenoxy) is 3. The van der Waals surface area contributed by atoms with Gasteiger partial charge < -0.3 is 29.3 Å². The van der Waals surface area contributed by atoms with Gasteiger partial charge in [-0.3, -0.25) is 4.79 Å². The van der Waals surface area contributed by atoms with Crippen LogP contribution in [0.4, 0.5) is 22.1 Å². The third-order valence-corrected chi connectivity index (χ3v) is 10.9. The Morgan fingerprint density at radius 3 is 2.59 bits per heavy atom. The largest absolute Gasteiger partial charge is 0.444 e. The van der Waals surface area contributed by atoms with Crippen LogP contribution in [0.5, 0.6) is 0 Å². The van der Waals surface area contributed by atoms with Crippen LogP contribution in [0.25, 0.3) is 11.2 Å². The predicted octanol–water partition coefficient (Wildman–Crippen LogP) is 6.66. The molecule has 12 nitrogen and oxygen atoms in total. The predicted molar refractivity (Wildman–Crippen MR) is 188 cm³/mol. The highest BCUT2D eigenvalue weighted by molar-refractivity contribution is 5.97. The molecule has 0 bridgehead atoms. The topological polar surface area (TPSA) is 124 Å². The highest BCUT2D eigenvalue weighted by Crippen LogP contribution is 2.45. The Labute approximate surface area is 288 Å². The van der Waals surface area contributed by atoms with E-state index in [2.05, 4.69) is 34.2 Å². The molecule has 4 aliphatic heterocycles. The van der Waals surface area contributed by atoms with Gasteiger partial charge in [-0.2, -0.15) is 0 Å². The second-order valence-electron chi connectivity index (χ2n) is 15.4. The van der Waals surface area contributed by atoms with E-state index in [1.165, 1.54) is 5.56 Å². The van der Waals surface area contributed by atoms with Crippen molar-refractivity contribution in [2.24, 2.45) is 5.41 Å². The molecule has 4 aliphatic rings. The third-order valence-electron chi connectivity index (χ3n) is 10.9. The minimum Gasteiger partial charge on any atom is -0.444 e. The maximum atomic E-state index is 12.8. The molecule has 6 heterocycles. The smallest absolute Gasteiger partial charge is 0.407 e. The minimum atomic E-state index is -0.565. The van der Waals surface area contributed by atoms with Gasteiger partial charge in [0.25, 0.3) is 0 Å². The van der Waals surface area contributed by atoms with E-state index < -0.39 is 11.7 Å². The fourth-order valence-corrected chi connectivity index (χ4v) is 8.05. The van der Waals surface area contributed by atoms with Gasteiger partial charge in [0.15, 0.2) is 29.0 Å². The fraction of sp³-hybridized carbons (Fsp3) is 0.649. The van der Waals surface area contributed by atoms with E-state index in [0.717, 1.165) is 92.2 Å². The molecule has 1 unspecified atom stereocenters. The van der Waals surface area contributed by atoms with Crippen LogP contribution < -0.4 is 15.1 Å². The summed E-state index contributed by atoms with van der Waals surface area (Å²) < 4.78 is 19.9. The van der Waals surface area contributed by atoms with E-state index in [4.69, 9.17) is 29.3 Å². The number of carbonyl (C=O) groups excluding carboxylic acids is 2. The number of Topliss-reactive ketones (excluding diaryl/α,β-unsaturated/α-hetero) is 1. The molecule has 7 rings (SSSR count). The van der Waals surface area contributed by atoms with Crippen molar-refractivity contribution in [1.82, 2.24) is 25.1 Å². The molecule has 1 aromatic carbocycles. The van der Waals surface area contributed by atoms with Crippen LogP contribution in [0.15, 0.2) is 24.4 Å². The molecule has 3 saturated heterocycles. The number of nitrogens with one attached hydrogen (secondary N) is 1. The zero-order valence-electron chi connectivity index (χ0n) is 29.8. The maximum Gasteiger partial charge on any atom is 0.407 e. The van der Waals surface area contributed by atoms with E-state index in [1.807, 2.05) is 51.6 Å². The Kier molecular flexibility index (Phi) is 9.06. The number of nitrogens with zero attached hydrogens (tertiary/aromatic N) is 6. The summed E-state index contributed by atoms with van der Waals surface area (Å²) >= 11 is 0. The van der Waals surface area contributed by atoms with Crippen LogP contribution >= 0.6 is 0 Å². The minimum absolute atomic E-state index is 0.0971. The van der Waals surface area contributed by atoms with Crippen molar-refractivity contribution in [1.29, 1.82) is 0 Å². The first-order valence-corrected chi connectivity index (χ1v) is 18.1. The normalized spacial score (nSPS) is 25.4. The zero-order chi connectivity index (χ0) is 34.5. The Hall–Kier alpha value is -3.77. The molecule has 3 fully saturated rings. The van der Waals surface area contributed by atoms with Crippen LogP contribution in [-0.2, 0) is 14.2 Å². The average Bonchev–Trinajstić information content (AvgIpc) is 3.61. The first-order valence-electron chi connectivity index (χ1n) is 18.1. The highest BCUT2D eigenvalue weighted by atomic mass is 16.6. The molecule has 49 heavy (non-hydrogen) atoms. The average molecular weight is 674 g/mol. The molecule has 1 amide bonds. The summed E-state index contributed by atoms with van der Waals surface area (Å²) in [6, 6.07) is 5.95. The molecule has 3 aromatic rings. The standard InChI is InChI=1S/C37H51N7O5/c1-7-28(45)25-11-12-27-26(20-25)23(2)13-16-43(27)34-31-33(44(41-34)30-10-8-9-19-47-30)39-29(21-38-31)42-17-14-37(15-18-42)22-48-24(3)32(37)40-35(46)49-36(4,5)6/h11-12,20-21,23-24,30,32H,7-10,13-19,22H2,1-6H3,(H,40,46)/t23-,24-,30?,32+/m0/s1. The van der Waals surface area contributed by atoms with Crippen LogP contribution in [0.2, 0.25) is 0 Å². The van der Waals surface area contributed by atoms with Crippen LogP contribution in [0.3, 0.4) is 0 Å². The highest BCUT2D eigenvalue weighted by Gasteiger charge is 2.50. The molecule has 0 saturated carbocycles. The van der Waals surface area contributed by atoms with Gasteiger partial charge >= 0.3 is 6.09 Å². The first kappa shape index (κ1) is 33.7. The van der Waals surface area contributed by atoms with E-state index in [9.17, 15) is 9.59 Å². The summed E-state index contributed by atoms with van der Waals surface area (Å²) in [5, 5.41) is 8.33. The van der Waals surface area contributed by atoms with E-state index >= 15 is 0 Å². The monoisotopic (exact) mass is 673 g/mol. The van der Waals surface area contributed by atoms with Crippen LogP contribution in [-0.4, -0.2) is 82.2 Å². The zero-order valence-corrected chi connectivity index (χ0v) is 29.8. The van der Waals surface area contributed by atoms with Gasteiger partial charge in [-0.05, 0) is 95.9 Å². The maximum absolute atomic E-state index is 12.8. The molecule has 4 atom stereocenters. The van der Waals surface area contributed by atoms with Gasteiger partial charge in [0.05, 0.1) is 24.9 Å². The molecule has 264 valence electrons. The van der Waals surface area contributed by atoms with E-state index in [0.29, 0.717) is 25.6 Å². The first-order chi connectivity index (χ1) is 23.5. The van der Waals surface area contributed by atoms with Gasteiger partial charge in [0.2, 0.25) is 0 Å². The molecular weight excluding hydrogens is 622 g/mol. The number of fused-ring (bicyclic) bond motifs is 2. The summed E-state index contributed by atoms with van der Waals surface area (Å²) in [5.74, 6) is 2.07. The van der Waals surface area contributed by atoms with Crippen molar-refractivity contribution in [2.75, 3.05) is 42.6 Å². The number of benzene rings is 1. The van der Waals surface area contributed by atoms with Crippen molar-refractivity contribution in [2.45, 2.75) is 116 Å². The lowest BCUT2D eigenvalue weighted by Gasteiger charge is -2.42. The second kappa shape index (κ2) is 13.2. The number of ketones is 1. The summed E-state index contributed by atoms with van der Waals surface area (Å²) in [6.45, 7) is 15.4.